The number of amides is 1. The fourth-order valence-corrected chi connectivity index (χ4v) is 4.20. The summed E-state index contributed by atoms with van der Waals surface area (Å²) in [7, 11) is 1.61. The van der Waals surface area contributed by atoms with E-state index < -0.39 is 0 Å². The van der Waals surface area contributed by atoms with Crippen LogP contribution in [0.2, 0.25) is 0 Å². The van der Waals surface area contributed by atoms with Crippen molar-refractivity contribution < 1.29 is 9.53 Å². The molecule has 3 heterocycles. The number of likely N-dealkylation sites (tertiary alicyclic amines) is 1. The second-order valence-electron chi connectivity index (χ2n) is 7.40. The van der Waals surface area contributed by atoms with E-state index in [0.717, 1.165) is 37.0 Å². The predicted octanol–water partition coefficient (Wildman–Crippen LogP) is 1.51. The molecule has 0 radical (unpaired) electrons. The molecule has 1 aromatic carbocycles. The number of methoxy groups -OCH3 is 1. The Morgan fingerprint density at radius 1 is 1.28 bits per heavy atom. The molecule has 1 atom stereocenters. The van der Waals surface area contributed by atoms with Gasteiger partial charge < -0.3 is 14.6 Å². The normalized spacial score (nSPS) is 17.4. The Bertz CT molecular complexity index is 1090. The third-order valence-corrected chi connectivity index (χ3v) is 5.73. The minimum Gasteiger partial charge on any atom is -0.383 e. The van der Waals surface area contributed by atoms with E-state index in [1.54, 1.807) is 22.3 Å². The fraction of sp³-hybridized carbons (Fsp3) is 0.476. The number of carbonyl (C=O) groups is 1. The van der Waals surface area contributed by atoms with Gasteiger partial charge in [-0.2, -0.15) is 5.10 Å². The molecule has 0 saturated carbocycles. The highest BCUT2D eigenvalue weighted by Gasteiger charge is 2.24. The Morgan fingerprint density at radius 3 is 2.83 bits per heavy atom. The van der Waals surface area contributed by atoms with Gasteiger partial charge >= 0.3 is 0 Å². The summed E-state index contributed by atoms with van der Waals surface area (Å²) in [6.45, 7) is 5.67. The molecule has 2 aromatic heterocycles. The van der Waals surface area contributed by atoms with Crippen molar-refractivity contribution in [2.45, 2.75) is 32.4 Å². The van der Waals surface area contributed by atoms with Crippen LogP contribution < -0.4 is 10.9 Å². The maximum absolute atomic E-state index is 13.0. The molecule has 1 amide bonds. The van der Waals surface area contributed by atoms with Crippen LogP contribution in [0.5, 0.6) is 0 Å². The van der Waals surface area contributed by atoms with Crippen LogP contribution in [0.25, 0.3) is 16.6 Å². The zero-order chi connectivity index (χ0) is 20.4. The molecule has 1 fully saturated rings. The standard InChI is InChI=1S/C21H27N5O3/c1-3-24-10-6-7-15(24)14-22-20(27)16-13-19-21(28)25(11-12-29-2)17-8-4-5-9-18(17)26(19)23-16/h4-5,8-9,13,15H,3,6-7,10-12,14H2,1-2H3,(H,22,27). The molecule has 8 nitrogen and oxygen atoms in total. The van der Waals surface area contributed by atoms with E-state index in [1.165, 1.54) is 0 Å². The lowest BCUT2D eigenvalue weighted by atomic mass is 10.2. The van der Waals surface area contributed by atoms with Crippen molar-refractivity contribution in [2.24, 2.45) is 0 Å². The lowest BCUT2D eigenvalue weighted by Crippen LogP contribution is -2.40. The van der Waals surface area contributed by atoms with Crippen molar-refractivity contribution in [2.75, 3.05) is 33.4 Å². The Balaban J connectivity index is 1.66. The number of nitrogens with zero attached hydrogens (tertiary/aromatic N) is 4. The van der Waals surface area contributed by atoms with Gasteiger partial charge in [0.1, 0.15) is 5.52 Å². The topological polar surface area (TPSA) is 80.9 Å². The number of para-hydroxylation sites is 2. The molecular formula is C21H27N5O3. The number of fused-ring (bicyclic) bond motifs is 3. The fourth-order valence-electron chi connectivity index (χ4n) is 4.20. The Hall–Kier alpha value is -2.71. The van der Waals surface area contributed by atoms with Crippen molar-refractivity contribution >= 4 is 22.5 Å². The monoisotopic (exact) mass is 397 g/mol. The van der Waals surface area contributed by atoms with Crippen molar-refractivity contribution in [3.63, 3.8) is 0 Å². The van der Waals surface area contributed by atoms with Crippen LogP contribution >= 0.6 is 0 Å². The second kappa shape index (κ2) is 8.34. The molecule has 0 bridgehead atoms. The van der Waals surface area contributed by atoms with E-state index >= 15 is 0 Å². The number of rotatable bonds is 7. The summed E-state index contributed by atoms with van der Waals surface area (Å²) in [5.74, 6) is -0.247. The highest BCUT2D eigenvalue weighted by molar-refractivity contribution is 5.94. The van der Waals surface area contributed by atoms with E-state index in [4.69, 9.17) is 4.74 Å². The average Bonchev–Trinajstić information content (AvgIpc) is 3.39. The number of benzene rings is 1. The number of likely N-dealkylation sites (N-methyl/N-ethyl adjacent to an activating group) is 1. The van der Waals surface area contributed by atoms with Gasteiger partial charge in [0.2, 0.25) is 0 Å². The number of carbonyl (C=O) groups excluding carboxylic acids is 1. The molecule has 8 heteroatoms. The minimum atomic E-state index is -0.247. The molecule has 1 N–H and O–H groups in total. The highest BCUT2D eigenvalue weighted by Crippen LogP contribution is 2.17. The van der Waals surface area contributed by atoms with Gasteiger partial charge in [-0.05, 0) is 38.1 Å². The van der Waals surface area contributed by atoms with Crippen LogP contribution in [0, 0.1) is 0 Å². The summed E-state index contributed by atoms with van der Waals surface area (Å²) in [4.78, 5) is 28.2. The first-order valence-electron chi connectivity index (χ1n) is 10.2. The van der Waals surface area contributed by atoms with Crippen LogP contribution in [0.4, 0.5) is 0 Å². The zero-order valence-electron chi connectivity index (χ0n) is 16.9. The van der Waals surface area contributed by atoms with E-state index in [1.807, 2.05) is 24.3 Å². The predicted molar refractivity (Wildman–Crippen MR) is 111 cm³/mol. The molecule has 1 unspecified atom stereocenters. The highest BCUT2D eigenvalue weighted by atomic mass is 16.5. The molecule has 0 spiro atoms. The summed E-state index contributed by atoms with van der Waals surface area (Å²) in [6.07, 6.45) is 2.25. The third-order valence-electron chi connectivity index (χ3n) is 5.73. The van der Waals surface area contributed by atoms with Crippen LogP contribution in [0.1, 0.15) is 30.3 Å². The largest absolute Gasteiger partial charge is 0.383 e. The van der Waals surface area contributed by atoms with E-state index in [-0.39, 0.29) is 17.2 Å². The van der Waals surface area contributed by atoms with Gasteiger partial charge in [-0.3, -0.25) is 14.5 Å². The molecule has 1 aliphatic rings. The number of nitrogens with one attached hydrogen (secondary N) is 1. The molecule has 4 rings (SSSR count). The maximum Gasteiger partial charge on any atom is 0.277 e. The smallest absolute Gasteiger partial charge is 0.277 e. The Morgan fingerprint density at radius 2 is 2.07 bits per heavy atom. The lowest BCUT2D eigenvalue weighted by molar-refractivity contribution is 0.0936. The Labute approximate surface area is 169 Å². The Kier molecular flexibility index (Phi) is 5.64. The van der Waals surface area contributed by atoms with Crippen LogP contribution in [0.15, 0.2) is 35.1 Å². The molecule has 3 aromatic rings. The first kappa shape index (κ1) is 19.6. The van der Waals surface area contributed by atoms with Crippen LogP contribution in [0.3, 0.4) is 0 Å². The van der Waals surface area contributed by atoms with Gasteiger partial charge in [-0.15, -0.1) is 0 Å². The van der Waals surface area contributed by atoms with E-state index in [9.17, 15) is 9.59 Å². The van der Waals surface area contributed by atoms with Crippen molar-refractivity contribution in [3.8, 4) is 0 Å². The van der Waals surface area contributed by atoms with E-state index in [2.05, 4.69) is 22.2 Å². The first-order chi connectivity index (χ1) is 14.1. The summed E-state index contributed by atoms with van der Waals surface area (Å²) in [6, 6.07) is 9.51. The second-order valence-corrected chi connectivity index (χ2v) is 7.40. The summed E-state index contributed by atoms with van der Waals surface area (Å²) in [5.41, 5.74) is 2.02. The summed E-state index contributed by atoms with van der Waals surface area (Å²) < 4.78 is 8.40. The molecule has 29 heavy (non-hydrogen) atoms. The first-order valence-corrected chi connectivity index (χ1v) is 10.2. The van der Waals surface area contributed by atoms with Crippen LogP contribution in [-0.2, 0) is 11.3 Å². The number of ether oxygens (including phenoxy) is 1. The molecular weight excluding hydrogens is 370 g/mol. The minimum absolute atomic E-state index is 0.180. The molecule has 0 aliphatic carbocycles. The molecule has 1 aliphatic heterocycles. The maximum atomic E-state index is 13.0. The van der Waals surface area contributed by atoms with Gasteiger partial charge in [0.25, 0.3) is 11.5 Å². The van der Waals surface area contributed by atoms with Gasteiger partial charge in [-0.25, -0.2) is 4.52 Å². The van der Waals surface area contributed by atoms with Crippen molar-refractivity contribution in [1.82, 2.24) is 24.4 Å². The van der Waals surface area contributed by atoms with Gasteiger partial charge in [-0.1, -0.05) is 19.1 Å². The molecule has 1 saturated heterocycles. The third kappa shape index (κ3) is 3.65. The number of hydrogen-bond donors (Lipinski definition) is 1. The number of hydrogen-bond acceptors (Lipinski definition) is 5. The number of aromatic nitrogens is 3. The zero-order valence-corrected chi connectivity index (χ0v) is 16.9. The van der Waals surface area contributed by atoms with Gasteiger partial charge in [0.15, 0.2) is 5.69 Å². The average molecular weight is 397 g/mol. The van der Waals surface area contributed by atoms with Crippen LogP contribution in [-0.4, -0.2) is 64.4 Å². The quantitative estimate of drug-likeness (QED) is 0.654. The molecule has 154 valence electrons. The van der Waals surface area contributed by atoms with Gasteiger partial charge in [0, 0.05) is 32.3 Å². The van der Waals surface area contributed by atoms with E-state index in [0.29, 0.717) is 31.3 Å². The van der Waals surface area contributed by atoms with Gasteiger partial charge in [0.05, 0.1) is 17.6 Å². The summed E-state index contributed by atoms with van der Waals surface area (Å²) in [5, 5.41) is 7.45. The van der Waals surface area contributed by atoms with Crippen molar-refractivity contribution in [1.29, 1.82) is 0 Å². The summed E-state index contributed by atoms with van der Waals surface area (Å²) >= 11 is 0. The van der Waals surface area contributed by atoms with Crippen molar-refractivity contribution in [3.05, 3.63) is 46.4 Å². The SMILES string of the molecule is CCN1CCCC1CNC(=O)c1cc2c(=O)n(CCOC)c3ccccc3n2n1. The lowest BCUT2D eigenvalue weighted by Gasteiger charge is -2.22.